The summed E-state index contributed by atoms with van der Waals surface area (Å²) in [4.78, 5) is 13.6. The normalized spacial score (nSPS) is 18.6. The maximum Gasteiger partial charge on any atom is 0.265 e. The third-order valence-corrected chi connectivity index (χ3v) is 3.43. The van der Waals surface area contributed by atoms with Gasteiger partial charge in [-0.2, -0.15) is 0 Å². The third kappa shape index (κ3) is 2.34. The van der Waals surface area contributed by atoms with Crippen LogP contribution in [0.15, 0.2) is 18.2 Å². The van der Waals surface area contributed by atoms with Crippen molar-refractivity contribution in [3.05, 3.63) is 23.8 Å². The average molecular weight is 269 g/mol. The minimum Gasteiger partial charge on any atom is -0.399 e. The first-order valence-electron chi connectivity index (χ1n) is 6.07. The van der Waals surface area contributed by atoms with Crippen LogP contribution in [0.5, 0.6) is 0 Å². The van der Waals surface area contributed by atoms with Gasteiger partial charge in [-0.3, -0.25) is 4.79 Å². The molecule has 3 N–H and O–H groups in total. The fourth-order valence-electron chi connectivity index (χ4n) is 2.31. The van der Waals surface area contributed by atoms with Crippen molar-refractivity contribution in [2.45, 2.75) is 25.8 Å². The molecule has 1 fully saturated rings. The summed E-state index contributed by atoms with van der Waals surface area (Å²) in [5.41, 5.74) is 5.21. The van der Waals surface area contributed by atoms with Crippen LogP contribution in [0.4, 0.5) is 20.2 Å². The Kier molecular flexibility index (Phi) is 3.34. The maximum absolute atomic E-state index is 13.1. The Morgan fingerprint density at radius 3 is 2.74 bits per heavy atom. The monoisotopic (exact) mass is 269 g/mol. The average Bonchev–Trinajstić information content (AvgIpc) is 2.33. The number of nitrogen functional groups attached to an aromatic ring is 1. The van der Waals surface area contributed by atoms with E-state index in [0.717, 1.165) is 0 Å². The van der Waals surface area contributed by atoms with E-state index in [0.29, 0.717) is 24.5 Å². The molecular weight excluding hydrogens is 252 g/mol. The topological polar surface area (TPSA) is 58.4 Å². The quantitative estimate of drug-likeness (QED) is 0.806. The Bertz CT molecular complexity index is 503. The molecule has 0 atom stereocenters. The van der Waals surface area contributed by atoms with Crippen LogP contribution in [0, 0.1) is 0 Å². The first-order valence-corrected chi connectivity index (χ1v) is 6.07. The molecule has 0 bridgehead atoms. The number of alkyl halides is 2. The van der Waals surface area contributed by atoms with Gasteiger partial charge in [0.1, 0.15) is 5.54 Å². The lowest BCUT2D eigenvalue weighted by molar-refractivity contribution is -0.126. The van der Waals surface area contributed by atoms with Crippen molar-refractivity contribution < 1.29 is 13.6 Å². The number of amides is 1. The van der Waals surface area contributed by atoms with E-state index in [1.54, 1.807) is 30.9 Å². The van der Waals surface area contributed by atoms with Crippen molar-refractivity contribution in [2.75, 3.05) is 23.7 Å². The van der Waals surface area contributed by atoms with E-state index >= 15 is 0 Å². The van der Waals surface area contributed by atoms with Gasteiger partial charge in [-0.05, 0) is 32.0 Å². The van der Waals surface area contributed by atoms with Crippen LogP contribution < -0.4 is 16.0 Å². The summed E-state index contributed by atoms with van der Waals surface area (Å²) in [6, 6.07) is 4.39. The minimum absolute atomic E-state index is 0.136. The first-order chi connectivity index (χ1) is 8.84. The number of nitrogens with one attached hydrogen (secondary N) is 1. The van der Waals surface area contributed by atoms with Crippen molar-refractivity contribution in [3.8, 4) is 0 Å². The second kappa shape index (κ2) is 4.68. The number of piperazine rings is 1. The first kappa shape index (κ1) is 13.6. The van der Waals surface area contributed by atoms with E-state index in [1.165, 1.54) is 6.07 Å². The molecule has 0 aromatic heterocycles. The van der Waals surface area contributed by atoms with Crippen molar-refractivity contribution >= 4 is 17.3 Å². The van der Waals surface area contributed by atoms with Crippen LogP contribution in [-0.2, 0) is 4.79 Å². The second-order valence-corrected chi connectivity index (χ2v) is 5.09. The highest BCUT2D eigenvalue weighted by Crippen LogP contribution is 2.35. The van der Waals surface area contributed by atoms with Crippen molar-refractivity contribution in [1.82, 2.24) is 5.32 Å². The van der Waals surface area contributed by atoms with Crippen LogP contribution in [0.25, 0.3) is 0 Å². The number of carbonyl (C=O) groups excluding carboxylic acids is 1. The molecule has 0 unspecified atom stereocenters. The van der Waals surface area contributed by atoms with Gasteiger partial charge in [0, 0.05) is 30.0 Å². The zero-order valence-electron chi connectivity index (χ0n) is 10.9. The second-order valence-electron chi connectivity index (χ2n) is 5.09. The Morgan fingerprint density at radius 2 is 2.11 bits per heavy atom. The molecule has 6 heteroatoms. The number of benzene rings is 1. The van der Waals surface area contributed by atoms with E-state index in [-0.39, 0.29) is 11.5 Å². The molecule has 19 heavy (non-hydrogen) atoms. The molecule has 0 saturated carbocycles. The molecule has 0 aliphatic carbocycles. The minimum atomic E-state index is -2.63. The molecular formula is C13H17F2N3O. The molecule has 0 spiro atoms. The smallest absolute Gasteiger partial charge is 0.265 e. The number of anilines is 2. The van der Waals surface area contributed by atoms with Gasteiger partial charge in [-0.1, -0.05) is 0 Å². The summed E-state index contributed by atoms with van der Waals surface area (Å²) >= 11 is 0. The van der Waals surface area contributed by atoms with Gasteiger partial charge in [-0.15, -0.1) is 0 Å². The number of rotatable bonds is 2. The van der Waals surface area contributed by atoms with E-state index in [4.69, 9.17) is 5.73 Å². The Labute approximate surface area is 110 Å². The van der Waals surface area contributed by atoms with Gasteiger partial charge >= 0.3 is 0 Å². The summed E-state index contributed by atoms with van der Waals surface area (Å²) in [6.45, 7) is 4.36. The zero-order valence-corrected chi connectivity index (χ0v) is 10.9. The summed E-state index contributed by atoms with van der Waals surface area (Å²) in [5.74, 6) is -0.171. The fourth-order valence-corrected chi connectivity index (χ4v) is 2.31. The maximum atomic E-state index is 13.1. The van der Waals surface area contributed by atoms with Gasteiger partial charge in [-0.25, -0.2) is 8.78 Å². The Balaban J connectivity index is 2.49. The highest BCUT2D eigenvalue weighted by atomic mass is 19.3. The predicted octanol–water partition coefficient (Wildman–Crippen LogP) is 1.92. The summed E-state index contributed by atoms with van der Waals surface area (Å²) in [6.07, 6.45) is -2.63. The van der Waals surface area contributed by atoms with Crippen molar-refractivity contribution in [3.63, 3.8) is 0 Å². The number of halogens is 2. The molecule has 1 aliphatic rings. The van der Waals surface area contributed by atoms with Gasteiger partial charge in [0.05, 0.1) is 0 Å². The number of carbonyl (C=O) groups is 1. The van der Waals surface area contributed by atoms with E-state index in [1.807, 2.05) is 0 Å². The van der Waals surface area contributed by atoms with Gasteiger partial charge in [0.25, 0.3) is 6.43 Å². The highest BCUT2D eigenvalue weighted by Gasteiger charge is 2.39. The lowest BCUT2D eigenvalue weighted by atomic mass is 9.96. The van der Waals surface area contributed by atoms with Crippen molar-refractivity contribution in [2.24, 2.45) is 0 Å². The van der Waals surface area contributed by atoms with E-state index in [2.05, 4.69) is 5.32 Å². The van der Waals surface area contributed by atoms with Gasteiger partial charge in [0.2, 0.25) is 5.91 Å². The molecule has 1 aliphatic heterocycles. The lowest BCUT2D eigenvalue weighted by Gasteiger charge is -2.43. The third-order valence-electron chi connectivity index (χ3n) is 3.43. The van der Waals surface area contributed by atoms with E-state index < -0.39 is 12.0 Å². The lowest BCUT2D eigenvalue weighted by Crippen LogP contribution is -2.62. The highest BCUT2D eigenvalue weighted by molar-refractivity contribution is 5.90. The van der Waals surface area contributed by atoms with Crippen LogP contribution in [0.2, 0.25) is 0 Å². The predicted molar refractivity (Wildman–Crippen MR) is 70.2 cm³/mol. The molecule has 1 heterocycles. The summed E-state index contributed by atoms with van der Waals surface area (Å²) in [7, 11) is 0. The molecule has 1 aromatic rings. The summed E-state index contributed by atoms with van der Waals surface area (Å²) < 4.78 is 26.3. The Hall–Kier alpha value is -1.85. The van der Waals surface area contributed by atoms with Gasteiger partial charge in [0.15, 0.2) is 0 Å². The zero-order chi connectivity index (χ0) is 14.2. The molecule has 0 radical (unpaired) electrons. The molecule has 2 rings (SSSR count). The van der Waals surface area contributed by atoms with Crippen LogP contribution >= 0.6 is 0 Å². The SMILES string of the molecule is CC1(C)C(=O)NCCN1c1ccc(N)cc1C(F)F. The van der Waals surface area contributed by atoms with Gasteiger partial charge < -0.3 is 16.0 Å². The fraction of sp³-hybridized carbons (Fsp3) is 0.462. The molecule has 1 amide bonds. The van der Waals surface area contributed by atoms with E-state index in [9.17, 15) is 13.6 Å². The van der Waals surface area contributed by atoms with Crippen LogP contribution in [-0.4, -0.2) is 24.5 Å². The number of hydrogen-bond donors (Lipinski definition) is 2. The van der Waals surface area contributed by atoms with Crippen LogP contribution in [0.3, 0.4) is 0 Å². The molecule has 1 aromatic carbocycles. The number of nitrogens with zero attached hydrogens (tertiary/aromatic N) is 1. The summed E-state index contributed by atoms with van der Waals surface area (Å²) in [5, 5.41) is 2.74. The van der Waals surface area contributed by atoms with Crippen LogP contribution in [0.1, 0.15) is 25.8 Å². The number of hydrogen-bond acceptors (Lipinski definition) is 3. The molecule has 104 valence electrons. The molecule has 4 nitrogen and oxygen atoms in total. The standard InChI is InChI=1S/C13H17F2N3O/c1-13(2)12(19)17-5-6-18(13)10-4-3-8(16)7-9(10)11(14)15/h3-4,7,11H,5-6,16H2,1-2H3,(H,17,19). The Morgan fingerprint density at radius 1 is 1.42 bits per heavy atom. The number of nitrogens with two attached hydrogens (primary N) is 1. The molecule has 1 saturated heterocycles. The van der Waals surface area contributed by atoms with Crippen molar-refractivity contribution in [1.29, 1.82) is 0 Å². The largest absolute Gasteiger partial charge is 0.399 e.